The second-order valence-electron chi connectivity index (χ2n) is 6.27. The molecule has 1 atom stereocenters. The lowest BCUT2D eigenvalue weighted by Crippen LogP contribution is -2.32. The minimum absolute atomic E-state index is 0.296. The number of hydrogen-bond acceptors (Lipinski definition) is 2. The van der Waals surface area contributed by atoms with Gasteiger partial charge in [0, 0.05) is 19.5 Å². The van der Waals surface area contributed by atoms with Gasteiger partial charge in [0.05, 0.1) is 0 Å². The Kier molecular flexibility index (Phi) is 5.44. The molecule has 3 nitrogen and oxygen atoms in total. The lowest BCUT2D eigenvalue weighted by atomic mass is 9.77. The Morgan fingerprint density at radius 2 is 2.00 bits per heavy atom. The Morgan fingerprint density at radius 1 is 1.29 bits per heavy atom. The maximum Gasteiger partial charge on any atom is 0.222 e. The van der Waals surface area contributed by atoms with E-state index in [-0.39, 0.29) is 0 Å². The van der Waals surface area contributed by atoms with Crippen LogP contribution in [-0.4, -0.2) is 30.4 Å². The zero-order valence-corrected chi connectivity index (χ0v) is 11.7. The molecule has 1 aliphatic rings. The summed E-state index contributed by atoms with van der Waals surface area (Å²) >= 11 is 0. The third-order valence-corrected chi connectivity index (χ3v) is 3.90. The zero-order valence-electron chi connectivity index (χ0n) is 11.7. The number of carbonyl (C=O) groups is 1. The molecule has 1 fully saturated rings. The van der Waals surface area contributed by atoms with Crippen LogP contribution in [0.2, 0.25) is 0 Å². The van der Waals surface area contributed by atoms with E-state index in [1.54, 1.807) is 0 Å². The molecule has 1 unspecified atom stereocenters. The Labute approximate surface area is 106 Å². The van der Waals surface area contributed by atoms with Crippen LogP contribution in [0.25, 0.3) is 0 Å². The lowest BCUT2D eigenvalue weighted by molar-refractivity contribution is -0.131. The van der Waals surface area contributed by atoms with E-state index in [4.69, 9.17) is 5.73 Å². The standard InChI is InChI=1S/C14H28N2O/c1-14(2,3)12-6-5-10-16(11-8-12)13(17)7-4-9-15/h12H,4-11,15H2,1-3H3. The van der Waals surface area contributed by atoms with Crippen LogP contribution in [-0.2, 0) is 4.79 Å². The molecule has 0 aromatic heterocycles. The number of nitrogens with zero attached hydrogens (tertiary/aromatic N) is 1. The molecule has 1 aliphatic heterocycles. The molecule has 0 aliphatic carbocycles. The number of rotatable bonds is 3. The van der Waals surface area contributed by atoms with Gasteiger partial charge in [-0.25, -0.2) is 0 Å². The van der Waals surface area contributed by atoms with Crippen molar-refractivity contribution < 1.29 is 4.79 Å². The number of carbonyl (C=O) groups excluding carboxylic acids is 1. The van der Waals surface area contributed by atoms with Gasteiger partial charge in [-0.15, -0.1) is 0 Å². The first-order valence-corrected chi connectivity index (χ1v) is 6.93. The summed E-state index contributed by atoms with van der Waals surface area (Å²) in [6, 6.07) is 0. The lowest BCUT2D eigenvalue weighted by Gasteiger charge is -2.29. The van der Waals surface area contributed by atoms with Crippen molar-refractivity contribution in [3.63, 3.8) is 0 Å². The van der Waals surface area contributed by atoms with E-state index in [0.29, 0.717) is 24.3 Å². The molecule has 0 saturated carbocycles. The van der Waals surface area contributed by atoms with Crippen LogP contribution in [0.3, 0.4) is 0 Å². The molecule has 0 spiro atoms. The summed E-state index contributed by atoms with van der Waals surface area (Å²) in [5.41, 5.74) is 5.82. The molecule has 2 N–H and O–H groups in total. The van der Waals surface area contributed by atoms with Crippen molar-refractivity contribution in [2.75, 3.05) is 19.6 Å². The van der Waals surface area contributed by atoms with Gasteiger partial charge >= 0.3 is 0 Å². The molecule has 1 saturated heterocycles. The average molecular weight is 240 g/mol. The van der Waals surface area contributed by atoms with Crippen LogP contribution in [0.1, 0.15) is 52.9 Å². The number of amides is 1. The van der Waals surface area contributed by atoms with Gasteiger partial charge in [0.15, 0.2) is 0 Å². The van der Waals surface area contributed by atoms with Crippen LogP contribution < -0.4 is 5.73 Å². The fourth-order valence-electron chi connectivity index (χ4n) is 2.62. The highest BCUT2D eigenvalue weighted by atomic mass is 16.2. The number of nitrogens with two attached hydrogens (primary N) is 1. The van der Waals surface area contributed by atoms with Gasteiger partial charge < -0.3 is 10.6 Å². The molecule has 1 amide bonds. The van der Waals surface area contributed by atoms with Crippen molar-refractivity contribution in [2.45, 2.75) is 52.9 Å². The van der Waals surface area contributed by atoms with Crippen LogP contribution in [0.15, 0.2) is 0 Å². The normalized spacial score (nSPS) is 22.4. The van der Waals surface area contributed by atoms with E-state index in [1.165, 1.54) is 6.42 Å². The van der Waals surface area contributed by atoms with E-state index in [2.05, 4.69) is 20.8 Å². The summed E-state index contributed by atoms with van der Waals surface area (Å²) in [6.45, 7) is 9.42. The second kappa shape index (κ2) is 6.39. The summed E-state index contributed by atoms with van der Waals surface area (Å²) in [7, 11) is 0. The molecule has 17 heavy (non-hydrogen) atoms. The van der Waals surface area contributed by atoms with E-state index in [0.717, 1.165) is 38.3 Å². The van der Waals surface area contributed by atoms with Gasteiger partial charge in [0.25, 0.3) is 0 Å². The zero-order chi connectivity index (χ0) is 12.9. The van der Waals surface area contributed by atoms with E-state index in [1.807, 2.05) is 4.90 Å². The quantitative estimate of drug-likeness (QED) is 0.823. The minimum atomic E-state index is 0.296. The van der Waals surface area contributed by atoms with E-state index in [9.17, 15) is 4.79 Å². The first kappa shape index (κ1) is 14.5. The van der Waals surface area contributed by atoms with Crippen LogP contribution in [0.5, 0.6) is 0 Å². The van der Waals surface area contributed by atoms with Crippen LogP contribution in [0, 0.1) is 11.3 Å². The predicted molar refractivity (Wildman–Crippen MR) is 71.7 cm³/mol. The molecule has 0 bridgehead atoms. The molecule has 3 heteroatoms. The van der Waals surface area contributed by atoms with Crippen molar-refractivity contribution >= 4 is 5.91 Å². The van der Waals surface area contributed by atoms with E-state index < -0.39 is 0 Å². The van der Waals surface area contributed by atoms with Crippen LogP contribution >= 0.6 is 0 Å². The Balaban J connectivity index is 2.45. The molecule has 1 rings (SSSR count). The van der Waals surface area contributed by atoms with Gasteiger partial charge in [-0.3, -0.25) is 4.79 Å². The molecule has 1 heterocycles. The minimum Gasteiger partial charge on any atom is -0.343 e. The third-order valence-electron chi connectivity index (χ3n) is 3.90. The Hall–Kier alpha value is -0.570. The fraction of sp³-hybridized carbons (Fsp3) is 0.929. The first-order valence-electron chi connectivity index (χ1n) is 6.93. The fourth-order valence-corrected chi connectivity index (χ4v) is 2.62. The average Bonchev–Trinajstić information content (AvgIpc) is 2.50. The summed E-state index contributed by atoms with van der Waals surface area (Å²) in [5, 5.41) is 0. The number of likely N-dealkylation sites (tertiary alicyclic amines) is 1. The predicted octanol–water partition coefficient (Wildman–Crippen LogP) is 2.40. The molecule has 0 aromatic carbocycles. The molecule has 100 valence electrons. The monoisotopic (exact) mass is 240 g/mol. The smallest absolute Gasteiger partial charge is 0.222 e. The largest absolute Gasteiger partial charge is 0.343 e. The van der Waals surface area contributed by atoms with Crippen LogP contribution in [0.4, 0.5) is 0 Å². The van der Waals surface area contributed by atoms with Gasteiger partial charge in [-0.2, -0.15) is 0 Å². The van der Waals surface area contributed by atoms with Crippen molar-refractivity contribution in [3.05, 3.63) is 0 Å². The van der Waals surface area contributed by atoms with Crippen molar-refractivity contribution in [1.29, 1.82) is 0 Å². The summed E-state index contributed by atoms with van der Waals surface area (Å²) in [6.07, 6.45) is 4.99. The maximum atomic E-state index is 11.9. The van der Waals surface area contributed by atoms with Crippen molar-refractivity contribution in [2.24, 2.45) is 17.1 Å². The molecular weight excluding hydrogens is 212 g/mol. The molecule has 0 radical (unpaired) electrons. The Morgan fingerprint density at radius 3 is 2.59 bits per heavy atom. The number of hydrogen-bond donors (Lipinski definition) is 1. The van der Waals surface area contributed by atoms with Crippen molar-refractivity contribution in [3.8, 4) is 0 Å². The highest BCUT2D eigenvalue weighted by molar-refractivity contribution is 5.76. The van der Waals surface area contributed by atoms with E-state index >= 15 is 0 Å². The summed E-state index contributed by atoms with van der Waals surface area (Å²) < 4.78 is 0. The first-order chi connectivity index (χ1) is 7.95. The van der Waals surface area contributed by atoms with Gasteiger partial charge in [-0.1, -0.05) is 20.8 Å². The second-order valence-corrected chi connectivity index (χ2v) is 6.27. The summed E-state index contributed by atoms with van der Waals surface area (Å²) in [5.74, 6) is 1.04. The highest BCUT2D eigenvalue weighted by Crippen LogP contribution is 2.34. The van der Waals surface area contributed by atoms with Gasteiger partial charge in [0.1, 0.15) is 0 Å². The molecular formula is C14H28N2O. The van der Waals surface area contributed by atoms with Gasteiger partial charge in [0.2, 0.25) is 5.91 Å². The van der Waals surface area contributed by atoms with Gasteiger partial charge in [-0.05, 0) is 43.6 Å². The topological polar surface area (TPSA) is 46.3 Å². The van der Waals surface area contributed by atoms with Crippen molar-refractivity contribution in [1.82, 2.24) is 4.90 Å². The maximum absolute atomic E-state index is 11.9. The summed E-state index contributed by atoms with van der Waals surface area (Å²) in [4.78, 5) is 14.0. The SMILES string of the molecule is CC(C)(C)C1CCCN(C(=O)CCCN)CC1. The Bertz CT molecular complexity index is 245. The highest BCUT2D eigenvalue weighted by Gasteiger charge is 2.28. The molecule has 0 aromatic rings. The third kappa shape index (κ3) is 4.66.